The topological polar surface area (TPSA) is 87.1 Å². The highest BCUT2D eigenvalue weighted by molar-refractivity contribution is 5.85. The molecule has 6 nitrogen and oxygen atoms in total. The van der Waals surface area contributed by atoms with Gasteiger partial charge in [0.15, 0.2) is 0 Å². The van der Waals surface area contributed by atoms with Gasteiger partial charge < -0.3 is 15.0 Å². The molecule has 3 heterocycles. The Morgan fingerprint density at radius 3 is 3.00 bits per heavy atom. The summed E-state index contributed by atoms with van der Waals surface area (Å²) in [4.78, 5) is 8.29. The van der Waals surface area contributed by atoms with E-state index in [0.717, 1.165) is 19.4 Å². The first kappa shape index (κ1) is 12.8. The number of pyridine rings is 1. The number of ether oxygens (including phenoxy) is 1. The number of hydrogen-bond donors (Lipinski definition) is 1. The third-order valence-electron chi connectivity index (χ3n) is 2.74. The summed E-state index contributed by atoms with van der Waals surface area (Å²) in [6, 6.07) is 1.70. The summed E-state index contributed by atoms with van der Waals surface area (Å²) in [7, 11) is 0. The zero-order chi connectivity index (χ0) is 11.7. The molecule has 7 heteroatoms. The van der Waals surface area contributed by atoms with Gasteiger partial charge in [0.25, 0.3) is 5.89 Å². The van der Waals surface area contributed by atoms with Crippen LogP contribution >= 0.6 is 12.4 Å². The molecule has 2 aromatic heterocycles. The molecule has 3 rings (SSSR count). The van der Waals surface area contributed by atoms with Crippen LogP contribution in [-0.4, -0.2) is 21.7 Å². The highest BCUT2D eigenvalue weighted by Crippen LogP contribution is 2.29. The molecule has 0 saturated carbocycles. The fourth-order valence-electron chi connectivity index (χ4n) is 1.84. The van der Waals surface area contributed by atoms with Crippen molar-refractivity contribution in [3.05, 3.63) is 24.3 Å². The number of nitrogen functional groups attached to an aromatic ring is 1. The second-order valence-corrected chi connectivity index (χ2v) is 3.92. The van der Waals surface area contributed by atoms with Crippen molar-refractivity contribution in [2.45, 2.75) is 18.9 Å². The van der Waals surface area contributed by atoms with E-state index in [1.54, 1.807) is 18.5 Å². The van der Waals surface area contributed by atoms with Gasteiger partial charge in [0.1, 0.15) is 6.10 Å². The van der Waals surface area contributed by atoms with E-state index < -0.39 is 0 Å². The Bertz CT molecular complexity index is 525. The first-order valence-corrected chi connectivity index (χ1v) is 5.49. The van der Waals surface area contributed by atoms with Crippen LogP contribution in [0.4, 0.5) is 5.69 Å². The molecular weight excluding hydrogens is 256 g/mol. The van der Waals surface area contributed by atoms with Gasteiger partial charge >= 0.3 is 0 Å². The lowest BCUT2D eigenvalue weighted by molar-refractivity contribution is 0.103. The van der Waals surface area contributed by atoms with Crippen molar-refractivity contribution in [1.29, 1.82) is 0 Å². The zero-order valence-electron chi connectivity index (χ0n) is 9.57. The van der Waals surface area contributed by atoms with E-state index in [-0.39, 0.29) is 18.5 Å². The first-order chi connectivity index (χ1) is 8.34. The number of nitrogens with two attached hydrogens (primary N) is 1. The average molecular weight is 269 g/mol. The van der Waals surface area contributed by atoms with Crippen molar-refractivity contribution in [3.8, 4) is 11.5 Å². The molecule has 1 saturated heterocycles. The maximum absolute atomic E-state index is 5.82. The van der Waals surface area contributed by atoms with Gasteiger partial charge in [-0.3, -0.25) is 4.98 Å². The molecule has 1 aliphatic heterocycles. The lowest BCUT2D eigenvalue weighted by Gasteiger charge is -2.01. The van der Waals surface area contributed by atoms with Crippen molar-refractivity contribution >= 4 is 18.1 Å². The lowest BCUT2D eigenvalue weighted by Crippen LogP contribution is -1.98. The largest absolute Gasteiger partial charge is 0.398 e. The number of rotatable bonds is 2. The van der Waals surface area contributed by atoms with Crippen molar-refractivity contribution in [2.75, 3.05) is 12.3 Å². The highest BCUT2D eigenvalue weighted by atomic mass is 35.5. The molecule has 2 N–H and O–H groups in total. The molecule has 1 atom stereocenters. The van der Waals surface area contributed by atoms with Crippen molar-refractivity contribution in [3.63, 3.8) is 0 Å². The monoisotopic (exact) mass is 268 g/mol. The number of hydrogen-bond acceptors (Lipinski definition) is 6. The molecule has 0 radical (unpaired) electrons. The Hall–Kier alpha value is -1.66. The van der Waals surface area contributed by atoms with E-state index in [2.05, 4.69) is 15.1 Å². The highest BCUT2D eigenvalue weighted by Gasteiger charge is 2.23. The van der Waals surface area contributed by atoms with Gasteiger partial charge in [-0.05, 0) is 18.9 Å². The summed E-state index contributed by atoms with van der Waals surface area (Å²) in [6.45, 7) is 0.754. The Labute approximate surface area is 110 Å². The predicted octanol–water partition coefficient (Wildman–Crippen LogP) is 1.99. The maximum Gasteiger partial charge on any atom is 0.261 e. The third kappa shape index (κ3) is 2.30. The summed E-state index contributed by atoms with van der Waals surface area (Å²) in [6.07, 6.45) is 5.15. The fraction of sp³-hybridized carbons (Fsp3) is 0.364. The molecule has 96 valence electrons. The van der Waals surface area contributed by atoms with Crippen LogP contribution in [0.15, 0.2) is 23.0 Å². The van der Waals surface area contributed by atoms with E-state index in [1.807, 2.05) is 0 Å². The van der Waals surface area contributed by atoms with Crippen LogP contribution in [-0.2, 0) is 4.74 Å². The van der Waals surface area contributed by atoms with E-state index in [4.69, 9.17) is 15.0 Å². The smallest absolute Gasteiger partial charge is 0.261 e. The second-order valence-electron chi connectivity index (χ2n) is 3.92. The average Bonchev–Trinajstić information content (AvgIpc) is 3.00. The van der Waals surface area contributed by atoms with Crippen LogP contribution in [0, 0.1) is 0 Å². The van der Waals surface area contributed by atoms with Crippen LogP contribution in [0.5, 0.6) is 0 Å². The minimum Gasteiger partial charge on any atom is -0.398 e. The van der Waals surface area contributed by atoms with Gasteiger partial charge in [-0.15, -0.1) is 12.4 Å². The lowest BCUT2D eigenvalue weighted by atomic mass is 10.2. The molecule has 18 heavy (non-hydrogen) atoms. The molecule has 1 fully saturated rings. The molecule has 0 amide bonds. The molecule has 0 bridgehead atoms. The minimum atomic E-state index is -0.0506. The van der Waals surface area contributed by atoms with E-state index in [0.29, 0.717) is 23.0 Å². The van der Waals surface area contributed by atoms with Gasteiger partial charge in [-0.25, -0.2) is 0 Å². The van der Waals surface area contributed by atoms with Crippen LogP contribution in [0.2, 0.25) is 0 Å². The molecule has 0 aliphatic carbocycles. The van der Waals surface area contributed by atoms with Crippen molar-refractivity contribution < 1.29 is 9.26 Å². The van der Waals surface area contributed by atoms with E-state index >= 15 is 0 Å². The van der Waals surface area contributed by atoms with Crippen LogP contribution in [0.25, 0.3) is 11.5 Å². The van der Waals surface area contributed by atoms with Crippen LogP contribution in [0.3, 0.4) is 0 Å². The van der Waals surface area contributed by atoms with Crippen LogP contribution in [0.1, 0.15) is 24.8 Å². The molecule has 0 spiro atoms. The normalized spacial score (nSPS) is 18.6. The Morgan fingerprint density at radius 1 is 1.39 bits per heavy atom. The summed E-state index contributed by atoms with van der Waals surface area (Å²) < 4.78 is 10.7. The summed E-state index contributed by atoms with van der Waals surface area (Å²) in [5, 5.41) is 3.92. The first-order valence-electron chi connectivity index (χ1n) is 5.49. The SMILES string of the molecule is Cl.Nc1ccncc1-c1nc(C2CCCO2)no1. The van der Waals surface area contributed by atoms with E-state index in [1.165, 1.54) is 0 Å². The van der Waals surface area contributed by atoms with Gasteiger partial charge in [-0.2, -0.15) is 4.98 Å². The molecule has 0 aromatic carbocycles. The van der Waals surface area contributed by atoms with Gasteiger partial charge in [0, 0.05) is 24.7 Å². The Morgan fingerprint density at radius 2 is 2.28 bits per heavy atom. The number of aromatic nitrogens is 3. The van der Waals surface area contributed by atoms with Crippen molar-refractivity contribution in [2.24, 2.45) is 0 Å². The Balaban J connectivity index is 0.00000120. The standard InChI is InChI=1S/C11H12N4O2.ClH/c12-8-3-4-13-6-7(8)11-14-10(15-17-11)9-2-1-5-16-9;/h3-4,6,9H,1-2,5H2,(H2,12,13);1H. The quantitative estimate of drug-likeness (QED) is 0.896. The number of halogens is 1. The van der Waals surface area contributed by atoms with Gasteiger partial charge in [-0.1, -0.05) is 5.16 Å². The molecule has 1 aliphatic rings. The van der Waals surface area contributed by atoms with E-state index in [9.17, 15) is 0 Å². The van der Waals surface area contributed by atoms with Gasteiger partial charge in [0.05, 0.1) is 5.56 Å². The number of nitrogens with zero attached hydrogens (tertiary/aromatic N) is 3. The molecule has 2 aromatic rings. The fourth-order valence-corrected chi connectivity index (χ4v) is 1.84. The summed E-state index contributed by atoms with van der Waals surface area (Å²) in [5.41, 5.74) is 7.04. The summed E-state index contributed by atoms with van der Waals surface area (Å²) >= 11 is 0. The summed E-state index contributed by atoms with van der Waals surface area (Å²) in [5.74, 6) is 0.974. The van der Waals surface area contributed by atoms with Gasteiger partial charge in [0.2, 0.25) is 5.82 Å². The maximum atomic E-state index is 5.82. The van der Waals surface area contributed by atoms with Crippen LogP contribution < -0.4 is 5.73 Å². The Kier molecular flexibility index (Phi) is 3.78. The predicted molar refractivity (Wildman–Crippen MR) is 67.1 cm³/mol. The van der Waals surface area contributed by atoms with Crippen molar-refractivity contribution in [1.82, 2.24) is 15.1 Å². The molecular formula is C11H13ClN4O2. The number of anilines is 1. The zero-order valence-corrected chi connectivity index (χ0v) is 10.4. The molecule has 1 unspecified atom stereocenters. The second kappa shape index (κ2) is 5.32. The third-order valence-corrected chi connectivity index (χ3v) is 2.74. The minimum absolute atomic E-state index is 0.